The second kappa shape index (κ2) is 5.00. The minimum atomic E-state index is -0.0474. The Morgan fingerprint density at radius 2 is 1.94 bits per heavy atom. The Labute approximate surface area is 106 Å². The molecule has 1 aromatic carbocycles. The van der Waals surface area contributed by atoms with Crippen molar-refractivity contribution in [2.45, 2.75) is 40.2 Å². The molecule has 3 heteroatoms. The Kier molecular flexibility index (Phi) is 4.14. The molecule has 0 saturated carbocycles. The van der Waals surface area contributed by atoms with Crippen molar-refractivity contribution in [3.05, 3.63) is 28.2 Å². The zero-order valence-electron chi connectivity index (χ0n) is 10.6. The summed E-state index contributed by atoms with van der Waals surface area (Å²) in [4.78, 5) is 4.55. The Bertz CT molecular complexity index is 403. The minimum Gasteiger partial charge on any atom is -0.343 e. The summed E-state index contributed by atoms with van der Waals surface area (Å²) in [6.45, 7) is 10.3. The van der Waals surface area contributed by atoms with E-state index in [-0.39, 0.29) is 5.54 Å². The van der Waals surface area contributed by atoms with Gasteiger partial charge in [0.1, 0.15) is 0 Å². The molecule has 0 heterocycles. The van der Waals surface area contributed by atoms with Gasteiger partial charge in [-0.2, -0.15) is 0 Å². The van der Waals surface area contributed by atoms with Gasteiger partial charge >= 0.3 is 0 Å². The smallest absolute Gasteiger partial charge is 0.0982 e. The predicted molar refractivity (Wildman–Crippen MR) is 75.4 cm³/mol. The zero-order chi connectivity index (χ0) is 12.3. The van der Waals surface area contributed by atoms with E-state index < -0.39 is 0 Å². The fourth-order valence-corrected chi connectivity index (χ4v) is 2.04. The van der Waals surface area contributed by atoms with Crippen molar-refractivity contribution in [1.82, 2.24) is 0 Å². The van der Waals surface area contributed by atoms with Crippen LogP contribution in [0, 0.1) is 6.92 Å². The number of aryl methyl sites for hydroxylation is 1. The molecule has 0 atom stereocenters. The van der Waals surface area contributed by atoms with Gasteiger partial charge in [-0.3, -0.25) is 4.99 Å². The number of hydrogen-bond donors (Lipinski definition) is 1. The summed E-state index contributed by atoms with van der Waals surface area (Å²) >= 11 is 3.54. The van der Waals surface area contributed by atoms with E-state index in [9.17, 15) is 0 Å². The summed E-state index contributed by atoms with van der Waals surface area (Å²) in [5.41, 5.74) is 2.24. The second-order valence-corrected chi connectivity index (χ2v) is 5.83. The van der Waals surface area contributed by atoms with E-state index >= 15 is 0 Å². The van der Waals surface area contributed by atoms with Crippen molar-refractivity contribution in [2.24, 2.45) is 4.99 Å². The Balaban J connectivity index is 2.85. The van der Waals surface area contributed by atoms with Gasteiger partial charge in [-0.1, -0.05) is 6.07 Å². The third-order valence-corrected chi connectivity index (χ3v) is 2.60. The van der Waals surface area contributed by atoms with Gasteiger partial charge in [0, 0.05) is 4.47 Å². The maximum absolute atomic E-state index is 4.55. The topological polar surface area (TPSA) is 24.4 Å². The second-order valence-electron chi connectivity index (χ2n) is 4.98. The predicted octanol–water partition coefficient (Wildman–Crippen LogP) is 4.39. The van der Waals surface area contributed by atoms with Gasteiger partial charge in [0.2, 0.25) is 0 Å². The SMILES string of the molecule is CC(=NC(C)(C)C)Nc1ccc(C)cc1Br. The van der Waals surface area contributed by atoms with E-state index in [1.165, 1.54) is 5.56 Å². The van der Waals surface area contributed by atoms with Crippen LogP contribution >= 0.6 is 15.9 Å². The van der Waals surface area contributed by atoms with Gasteiger partial charge in [-0.05, 0) is 68.2 Å². The monoisotopic (exact) mass is 282 g/mol. The Morgan fingerprint density at radius 1 is 1.31 bits per heavy atom. The maximum Gasteiger partial charge on any atom is 0.0982 e. The number of nitrogens with zero attached hydrogens (tertiary/aromatic N) is 1. The molecule has 1 aromatic rings. The first-order valence-electron chi connectivity index (χ1n) is 5.37. The fourth-order valence-electron chi connectivity index (χ4n) is 1.45. The van der Waals surface area contributed by atoms with Crippen LogP contribution in [0.25, 0.3) is 0 Å². The van der Waals surface area contributed by atoms with Gasteiger partial charge in [-0.25, -0.2) is 0 Å². The number of halogens is 1. The molecule has 0 aromatic heterocycles. The van der Waals surface area contributed by atoms with Crippen molar-refractivity contribution in [3.63, 3.8) is 0 Å². The van der Waals surface area contributed by atoms with Crippen molar-refractivity contribution in [2.75, 3.05) is 5.32 Å². The molecule has 0 fully saturated rings. The summed E-state index contributed by atoms with van der Waals surface area (Å²) in [6.07, 6.45) is 0. The molecule has 0 bridgehead atoms. The van der Waals surface area contributed by atoms with Crippen molar-refractivity contribution < 1.29 is 0 Å². The van der Waals surface area contributed by atoms with Crippen LogP contribution in [0.15, 0.2) is 27.7 Å². The third-order valence-electron chi connectivity index (χ3n) is 1.94. The molecular formula is C13H19BrN2. The molecule has 0 unspecified atom stereocenters. The maximum atomic E-state index is 4.55. The fraction of sp³-hybridized carbons (Fsp3) is 0.462. The average molecular weight is 283 g/mol. The zero-order valence-corrected chi connectivity index (χ0v) is 12.1. The first-order valence-corrected chi connectivity index (χ1v) is 6.17. The lowest BCUT2D eigenvalue weighted by Crippen LogP contribution is -2.17. The molecule has 16 heavy (non-hydrogen) atoms. The number of aliphatic imine (C=N–C) groups is 1. The van der Waals surface area contributed by atoms with Crippen molar-refractivity contribution in [3.8, 4) is 0 Å². The van der Waals surface area contributed by atoms with Crippen LogP contribution in [0.2, 0.25) is 0 Å². The van der Waals surface area contributed by atoms with Crippen LogP contribution in [-0.2, 0) is 0 Å². The van der Waals surface area contributed by atoms with E-state index in [4.69, 9.17) is 0 Å². The lowest BCUT2D eigenvalue weighted by molar-refractivity contribution is 0.583. The molecule has 2 nitrogen and oxygen atoms in total. The van der Waals surface area contributed by atoms with Crippen LogP contribution in [0.3, 0.4) is 0 Å². The highest BCUT2D eigenvalue weighted by atomic mass is 79.9. The standard InChI is InChI=1S/C13H19BrN2/c1-9-6-7-12(11(14)8-9)15-10(2)16-13(3,4)5/h6-8H,1-5H3,(H,15,16). The summed E-state index contributed by atoms with van der Waals surface area (Å²) in [5, 5.41) is 3.30. The molecular weight excluding hydrogens is 264 g/mol. The van der Waals surface area contributed by atoms with Crippen LogP contribution in [-0.4, -0.2) is 11.4 Å². The van der Waals surface area contributed by atoms with Gasteiger partial charge in [0.05, 0.1) is 17.1 Å². The Hall–Kier alpha value is -0.830. The minimum absolute atomic E-state index is 0.0474. The number of benzene rings is 1. The van der Waals surface area contributed by atoms with E-state index in [1.54, 1.807) is 0 Å². The molecule has 0 aliphatic rings. The van der Waals surface area contributed by atoms with Crippen molar-refractivity contribution in [1.29, 1.82) is 0 Å². The van der Waals surface area contributed by atoms with Crippen LogP contribution in [0.4, 0.5) is 5.69 Å². The van der Waals surface area contributed by atoms with E-state index in [0.717, 1.165) is 16.0 Å². The molecule has 0 aliphatic heterocycles. The number of hydrogen-bond acceptors (Lipinski definition) is 1. The van der Waals surface area contributed by atoms with Gasteiger partial charge in [-0.15, -0.1) is 0 Å². The van der Waals surface area contributed by atoms with Crippen LogP contribution < -0.4 is 5.32 Å². The lowest BCUT2D eigenvalue weighted by atomic mass is 10.1. The number of rotatable bonds is 1. The summed E-state index contributed by atoms with van der Waals surface area (Å²) in [5.74, 6) is 0.928. The third kappa shape index (κ3) is 4.35. The van der Waals surface area contributed by atoms with Crippen molar-refractivity contribution >= 4 is 27.5 Å². The first kappa shape index (κ1) is 13.2. The van der Waals surface area contributed by atoms with E-state index in [1.807, 2.05) is 6.92 Å². The molecule has 0 radical (unpaired) electrons. The summed E-state index contributed by atoms with van der Waals surface area (Å²) < 4.78 is 1.07. The highest BCUT2D eigenvalue weighted by Crippen LogP contribution is 2.23. The highest BCUT2D eigenvalue weighted by Gasteiger charge is 2.08. The molecule has 1 N–H and O–H groups in total. The summed E-state index contributed by atoms with van der Waals surface area (Å²) in [6, 6.07) is 6.23. The van der Waals surface area contributed by atoms with Gasteiger partial charge in [0.15, 0.2) is 0 Å². The van der Waals surface area contributed by atoms with E-state index in [0.29, 0.717) is 0 Å². The molecule has 0 spiro atoms. The van der Waals surface area contributed by atoms with Gasteiger partial charge in [0.25, 0.3) is 0 Å². The normalized spacial score (nSPS) is 12.8. The highest BCUT2D eigenvalue weighted by molar-refractivity contribution is 9.10. The Morgan fingerprint density at radius 3 is 2.44 bits per heavy atom. The molecule has 0 amide bonds. The molecule has 0 aliphatic carbocycles. The first-order chi connectivity index (χ1) is 7.28. The summed E-state index contributed by atoms with van der Waals surface area (Å²) in [7, 11) is 0. The number of anilines is 1. The number of amidine groups is 1. The van der Waals surface area contributed by atoms with Crippen LogP contribution in [0.5, 0.6) is 0 Å². The molecule has 88 valence electrons. The molecule has 0 saturated heterocycles. The number of nitrogens with one attached hydrogen (secondary N) is 1. The average Bonchev–Trinajstić information content (AvgIpc) is 2.06. The van der Waals surface area contributed by atoms with Crippen LogP contribution in [0.1, 0.15) is 33.3 Å². The quantitative estimate of drug-likeness (QED) is 0.600. The largest absolute Gasteiger partial charge is 0.343 e. The van der Waals surface area contributed by atoms with E-state index in [2.05, 4.69) is 72.1 Å². The molecule has 1 rings (SSSR count). The lowest BCUT2D eigenvalue weighted by Gasteiger charge is -2.15. The van der Waals surface area contributed by atoms with Gasteiger partial charge < -0.3 is 5.32 Å².